The first kappa shape index (κ1) is 25.1. The standard InChI is InChI=1S/C23H19N3O2S.C2HF3O2/c1-28-16-8-6-15(7-9-16)17-10-12-24-19-14-26(23(27)22(17)19)13-11-21-25-18-4-2-3-5-20(18)29-21;3-2(4,5)1(6)7/h2-10,12H,11,13-14H2,1H3;(H,6,7). The van der Waals surface area contributed by atoms with Gasteiger partial charge in [-0.1, -0.05) is 24.3 Å². The maximum atomic E-state index is 13.2. The van der Waals surface area contributed by atoms with Crippen molar-refractivity contribution in [2.24, 2.45) is 0 Å². The van der Waals surface area contributed by atoms with E-state index in [-0.39, 0.29) is 5.91 Å². The summed E-state index contributed by atoms with van der Waals surface area (Å²) in [6, 6.07) is 17.8. The predicted octanol–water partition coefficient (Wildman–Crippen LogP) is 5.20. The van der Waals surface area contributed by atoms with E-state index in [2.05, 4.69) is 16.0 Å². The van der Waals surface area contributed by atoms with Gasteiger partial charge in [-0.25, -0.2) is 9.78 Å². The van der Waals surface area contributed by atoms with E-state index in [1.807, 2.05) is 53.4 Å². The Morgan fingerprint density at radius 3 is 2.47 bits per heavy atom. The molecule has 3 heterocycles. The molecule has 0 spiro atoms. The Morgan fingerprint density at radius 1 is 1.14 bits per heavy atom. The molecule has 0 radical (unpaired) electrons. The molecular weight excluding hydrogens is 495 g/mol. The Bertz CT molecular complexity index is 1370. The van der Waals surface area contributed by atoms with Crippen LogP contribution in [0.1, 0.15) is 21.1 Å². The maximum absolute atomic E-state index is 13.2. The van der Waals surface area contributed by atoms with Crippen molar-refractivity contribution in [2.45, 2.75) is 19.1 Å². The molecule has 0 fully saturated rings. The number of benzene rings is 2. The van der Waals surface area contributed by atoms with E-state index in [9.17, 15) is 18.0 Å². The van der Waals surface area contributed by atoms with Crippen LogP contribution in [0.5, 0.6) is 5.75 Å². The summed E-state index contributed by atoms with van der Waals surface area (Å²) in [5.41, 5.74) is 4.48. The van der Waals surface area contributed by atoms with Gasteiger partial charge in [-0.05, 0) is 41.5 Å². The smallest absolute Gasteiger partial charge is 0.490 e. The summed E-state index contributed by atoms with van der Waals surface area (Å²) >= 11 is 1.69. The van der Waals surface area contributed by atoms with Gasteiger partial charge in [0, 0.05) is 19.2 Å². The van der Waals surface area contributed by atoms with E-state index in [1.165, 1.54) is 4.70 Å². The second-order valence-electron chi connectivity index (χ2n) is 7.76. The van der Waals surface area contributed by atoms with E-state index in [0.29, 0.717) is 18.7 Å². The van der Waals surface area contributed by atoms with Gasteiger partial charge in [0.05, 0.1) is 40.1 Å². The molecule has 0 saturated heterocycles. The van der Waals surface area contributed by atoms with Crippen LogP contribution >= 0.6 is 11.3 Å². The monoisotopic (exact) mass is 515 g/mol. The van der Waals surface area contributed by atoms with Crippen molar-refractivity contribution in [2.75, 3.05) is 13.7 Å². The van der Waals surface area contributed by atoms with Crippen LogP contribution in [0.4, 0.5) is 13.2 Å². The third kappa shape index (κ3) is 5.46. The van der Waals surface area contributed by atoms with Gasteiger partial charge in [-0.2, -0.15) is 13.2 Å². The summed E-state index contributed by atoms with van der Waals surface area (Å²) in [5.74, 6) is -1.92. The van der Waals surface area contributed by atoms with Gasteiger partial charge in [0.25, 0.3) is 5.91 Å². The van der Waals surface area contributed by atoms with E-state index in [0.717, 1.165) is 39.5 Å². The van der Waals surface area contributed by atoms with Gasteiger partial charge in [0.2, 0.25) is 0 Å². The molecule has 1 N–H and O–H groups in total. The van der Waals surface area contributed by atoms with Gasteiger partial charge in [-0.3, -0.25) is 9.78 Å². The first-order chi connectivity index (χ1) is 17.2. The van der Waals surface area contributed by atoms with Crippen molar-refractivity contribution >= 4 is 33.4 Å². The number of carboxylic acids is 1. The minimum absolute atomic E-state index is 0.0417. The summed E-state index contributed by atoms with van der Waals surface area (Å²) in [4.78, 5) is 33.1. The SMILES string of the molecule is COc1ccc(-c2ccnc3c2C(=O)N(CCc2nc4ccccc4s2)C3)cc1.O=C(O)C(F)(F)F. The number of carbonyl (C=O) groups is 2. The van der Waals surface area contributed by atoms with Crippen molar-refractivity contribution in [1.29, 1.82) is 0 Å². The number of halogens is 3. The molecule has 0 unspecified atom stereocenters. The van der Waals surface area contributed by atoms with Crippen LogP contribution in [0.15, 0.2) is 60.8 Å². The molecule has 11 heteroatoms. The number of nitrogens with zero attached hydrogens (tertiary/aromatic N) is 3. The molecule has 0 saturated carbocycles. The van der Waals surface area contributed by atoms with Crippen molar-refractivity contribution in [3.8, 4) is 16.9 Å². The van der Waals surface area contributed by atoms with Crippen LogP contribution < -0.4 is 4.74 Å². The van der Waals surface area contributed by atoms with Gasteiger partial charge in [-0.15, -0.1) is 11.3 Å². The first-order valence-electron chi connectivity index (χ1n) is 10.7. The van der Waals surface area contributed by atoms with Gasteiger partial charge in [0.15, 0.2) is 0 Å². The summed E-state index contributed by atoms with van der Waals surface area (Å²) in [6.45, 7) is 1.18. The molecule has 0 bridgehead atoms. The number of pyridine rings is 1. The van der Waals surface area contributed by atoms with Crippen molar-refractivity contribution in [3.63, 3.8) is 0 Å². The second-order valence-corrected chi connectivity index (χ2v) is 8.88. The van der Waals surface area contributed by atoms with Crippen molar-refractivity contribution in [3.05, 3.63) is 77.1 Å². The molecule has 36 heavy (non-hydrogen) atoms. The molecule has 0 aliphatic carbocycles. The van der Waals surface area contributed by atoms with Crippen molar-refractivity contribution < 1.29 is 32.6 Å². The molecule has 0 atom stereocenters. The van der Waals surface area contributed by atoms with Crippen molar-refractivity contribution in [1.82, 2.24) is 14.9 Å². The minimum Gasteiger partial charge on any atom is -0.497 e. The minimum atomic E-state index is -5.08. The number of carboxylic acid groups (broad SMARTS) is 1. The molecule has 7 nitrogen and oxygen atoms in total. The molecule has 5 rings (SSSR count). The average molecular weight is 516 g/mol. The summed E-state index contributed by atoms with van der Waals surface area (Å²) in [7, 11) is 1.64. The highest BCUT2D eigenvalue weighted by Gasteiger charge is 2.38. The molecule has 186 valence electrons. The van der Waals surface area contributed by atoms with E-state index >= 15 is 0 Å². The van der Waals surface area contributed by atoms with Gasteiger partial charge in [0.1, 0.15) is 5.75 Å². The van der Waals surface area contributed by atoms with E-state index in [1.54, 1.807) is 24.6 Å². The Morgan fingerprint density at radius 2 is 1.83 bits per heavy atom. The fourth-order valence-electron chi connectivity index (χ4n) is 3.72. The number of fused-ring (bicyclic) bond motifs is 2. The van der Waals surface area contributed by atoms with E-state index < -0.39 is 12.1 Å². The largest absolute Gasteiger partial charge is 0.497 e. The normalized spacial score (nSPS) is 12.8. The van der Waals surface area contributed by atoms with Crippen LogP contribution in [-0.2, 0) is 17.8 Å². The summed E-state index contributed by atoms with van der Waals surface area (Å²) < 4.78 is 38.2. The second kappa shape index (κ2) is 10.3. The lowest BCUT2D eigenvalue weighted by molar-refractivity contribution is -0.192. The Hall–Kier alpha value is -3.99. The number of amides is 1. The Kier molecular flexibility index (Phi) is 7.20. The van der Waals surface area contributed by atoms with E-state index in [4.69, 9.17) is 14.6 Å². The van der Waals surface area contributed by atoms with Crippen LogP contribution in [0.3, 0.4) is 0 Å². The van der Waals surface area contributed by atoms with Crippen LogP contribution in [0, 0.1) is 0 Å². The number of methoxy groups -OCH3 is 1. The lowest BCUT2D eigenvalue weighted by atomic mass is 10.00. The number of aliphatic carboxylic acids is 1. The number of hydrogen-bond donors (Lipinski definition) is 1. The number of rotatable bonds is 5. The molecule has 1 amide bonds. The molecule has 1 aliphatic heterocycles. The summed E-state index contributed by atoms with van der Waals surface area (Å²) in [6.07, 6.45) is -2.56. The fraction of sp³-hybridized carbons (Fsp3) is 0.200. The third-order valence-corrected chi connectivity index (χ3v) is 6.54. The number of aromatic nitrogens is 2. The highest BCUT2D eigenvalue weighted by Crippen LogP contribution is 2.32. The van der Waals surface area contributed by atoms with Crippen LogP contribution in [0.25, 0.3) is 21.3 Å². The van der Waals surface area contributed by atoms with Gasteiger partial charge >= 0.3 is 12.1 Å². The molecule has 2 aromatic carbocycles. The number of carbonyl (C=O) groups excluding carboxylic acids is 1. The predicted molar refractivity (Wildman–Crippen MR) is 128 cm³/mol. The molecule has 2 aromatic heterocycles. The number of ether oxygens (including phenoxy) is 1. The molecule has 4 aromatic rings. The third-order valence-electron chi connectivity index (χ3n) is 5.45. The number of alkyl halides is 3. The number of thiazole rings is 1. The quantitative estimate of drug-likeness (QED) is 0.393. The lowest BCUT2D eigenvalue weighted by Crippen LogP contribution is -2.26. The highest BCUT2D eigenvalue weighted by atomic mass is 32.1. The average Bonchev–Trinajstić information content (AvgIpc) is 3.43. The highest BCUT2D eigenvalue weighted by molar-refractivity contribution is 7.18. The fourth-order valence-corrected chi connectivity index (χ4v) is 4.68. The topological polar surface area (TPSA) is 92.6 Å². The first-order valence-corrected chi connectivity index (χ1v) is 11.5. The van der Waals surface area contributed by atoms with Gasteiger partial charge < -0.3 is 14.7 Å². The summed E-state index contributed by atoms with van der Waals surface area (Å²) in [5, 5.41) is 8.18. The Labute approximate surface area is 207 Å². The lowest BCUT2D eigenvalue weighted by Gasteiger charge is -2.14. The number of para-hydroxylation sites is 1. The Balaban J connectivity index is 0.000000384. The zero-order valence-electron chi connectivity index (χ0n) is 19.0. The maximum Gasteiger partial charge on any atom is 0.490 e. The van der Waals surface area contributed by atoms with Crippen LogP contribution in [-0.4, -0.2) is 51.7 Å². The molecular formula is C25H20F3N3O4S. The van der Waals surface area contributed by atoms with Crippen LogP contribution in [0.2, 0.25) is 0 Å². The number of hydrogen-bond acceptors (Lipinski definition) is 6. The molecule has 1 aliphatic rings. The zero-order valence-corrected chi connectivity index (χ0v) is 19.8. The zero-order chi connectivity index (χ0) is 25.9.